The van der Waals surface area contributed by atoms with Crippen molar-refractivity contribution in [1.29, 1.82) is 0 Å². The van der Waals surface area contributed by atoms with Gasteiger partial charge in [-0.05, 0) is 18.6 Å². The SMILES string of the molecule is CCCCCC(=O)N/N=C/c1cc(Cl)cc(Cl)c1OC. The second-order valence-corrected chi connectivity index (χ2v) is 5.10. The number of ether oxygens (including phenoxy) is 1. The van der Waals surface area contributed by atoms with E-state index in [-0.39, 0.29) is 5.91 Å². The average molecular weight is 317 g/mol. The van der Waals surface area contributed by atoms with Gasteiger partial charge in [-0.1, -0.05) is 43.0 Å². The molecule has 0 aliphatic heterocycles. The summed E-state index contributed by atoms with van der Waals surface area (Å²) in [5.41, 5.74) is 3.08. The Morgan fingerprint density at radius 1 is 1.40 bits per heavy atom. The van der Waals surface area contributed by atoms with E-state index in [0.717, 1.165) is 19.3 Å². The Morgan fingerprint density at radius 2 is 2.15 bits per heavy atom. The summed E-state index contributed by atoms with van der Waals surface area (Å²) in [7, 11) is 1.51. The largest absolute Gasteiger partial charge is 0.495 e. The number of hydrogen-bond donors (Lipinski definition) is 1. The lowest BCUT2D eigenvalue weighted by Crippen LogP contribution is -2.16. The smallest absolute Gasteiger partial charge is 0.240 e. The summed E-state index contributed by atoms with van der Waals surface area (Å²) in [4.78, 5) is 11.5. The van der Waals surface area contributed by atoms with Crippen LogP contribution in [0.4, 0.5) is 0 Å². The number of hydrazone groups is 1. The van der Waals surface area contributed by atoms with Gasteiger partial charge < -0.3 is 4.74 Å². The van der Waals surface area contributed by atoms with E-state index in [4.69, 9.17) is 27.9 Å². The monoisotopic (exact) mass is 316 g/mol. The molecule has 0 atom stereocenters. The van der Waals surface area contributed by atoms with Crippen LogP contribution in [0.5, 0.6) is 5.75 Å². The van der Waals surface area contributed by atoms with Crippen LogP contribution >= 0.6 is 23.2 Å². The first-order valence-electron chi connectivity index (χ1n) is 6.43. The minimum Gasteiger partial charge on any atom is -0.495 e. The third kappa shape index (κ3) is 5.39. The maximum atomic E-state index is 11.5. The molecule has 0 aliphatic rings. The van der Waals surface area contributed by atoms with Crippen molar-refractivity contribution < 1.29 is 9.53 Å². The molecule has 0 fully saturated rings. The molecule has 1 aromatic carbocycles. The second-order valence-electron chi connectivity index (χ2n) is 4.26. The van der Waals surface area contributed by atoms with Gasteiger partial charge in [0.15, 0.2) is 0 Å². The molecule has 0 spiro atoms. The van der Waals surface area contributed by atoms with Gasteiger partial charge in [0, 0.05) is 17.0 Å². The van der Waals surface area contributed by atoms with Gasteiger partial charge in [0.1, 0.15) is 5.75 Å². The van der Waals surface area contributed by atoms with Crippen LogP contribution in [0.15, 0.2) is 17.2 Å². The fourth-order valence-electron chi connectivity index (χ4n) is 1.66. The zero-order valence-corrected chi connectivity index (χ0v) is 13.1. The number of amides is 1. The molecule has 1 rings (SSSR count). The first-order chi connectivity index (χ1) is 9.58. The Morgan fingerprint density at radius 3 is 2.80 bits per heavy atom. The van der Waals surface area contributed by atoms with Crippen LogP contribution < -0.4 is 10.2 Å². The van der Waals surface area contributed by atoms with Gasteiger partial charge in [-0.15, -0.1) is 0 Å². The van der Waals surface area contributed by atoms with Crippen LogP contribution in [0.25, 0.3) is 0 Å². The number of carbonyl (C=O) groups excluding carboxylic acids is 1. The molecule has 1 N–H and O–H groups in total. The molecule has 0 aromatic heterocycles. The fraction of sp³-hybridized carbons (Fsp3) is 0.429. The molecule has 0 aliphatic carbocycles. The van der Waals surface area contributed by atoms with Crippen molar-refractivity contribution in [3.8, 4) is 5.75 Å². The predicted octanol–water partition coefficient (Wildman–Crippen LogP) is 4.03. The molecular formula is C14H18Cl2N2O2. The van der Waals surface area contributed by atoms with Gasteiger partial charge in [0.2, 0.25) is 5.91 Å². The molecule has 4 nitrogen and oxygen atoms in total. The maximum absolute atomic E-state index is 11.5. The molecule has 20 heavy (non-hydrogen) atoms. The number of nitrogens with zero attached hydrogens (tertiary/aromatic N) is 1. The molecule has 0 saturated heterocycles. The number of unbranched alkanes of at least 4 members (excludes halogenated alkanes) is 2. The number of halogens is 2. The van der Waals surface area contributed by atoms with E-state index in [1.165, 1.54) is 13.3 Å². The van der Waals surface area contributed by atoms with E-state index in [1.807, 2.05) is 0 Å². The van der Waals surface area contributed by atoms with E-state index in [9.17, 15) is 4.79 Å². The molecule has 110 valence electrons. The van der Waals surface area contributed by atoms with Crippen molar-refractivity contribution in [3.05, 3.63) is 27.7 Å². The standard InChI is InChI=1S/C14H18Cl2N2O2/c1-3-4-5-6-13(19)18-17-9-10-7-11(15)8-12(16)14(10)20-2/h7-9H,3-6H2,1-2H3,(H,18,19)/b17-9+. The highest BCUT2D eigenvalue weighted by Gasteiger charge is 2.08. The van der Waals surface area contributed by atoms with Crippen LogP contribution in [-0.2, 0) is 4.79 Å². The van der Waals surface area contributed by atoms with Crippen LogP contribution in [0.3, 0.4) is 0 Å². The van der Waals surface area contributed by atoms with Crippen molar-refractivity contribution in [2.45, 2.75) is 32.6 Å². The highest BCUT2D eigenvalue weighted by atomic mass is 35.5. The Kier molecular flexibility index (Phi) is 7.41. The van der Waals surface area contributed by atoms with Gasteiger partial charge >= 0.3 is 0 Å². The van der Waals surface area contributed by atoms with Gasteiger partial charge in [-0.2, -0.15) is 5.10 Å². The lowest BCUT2D eigenvalue weighted by molar-refractivity contribution is -0.121. The summed E-state index contributed by atoms with van der Waals surface area (Å²) in [6.45, 7) is 2.09. The maximum Gasteiger partial charge on any atom is 0.240 e. The Hall–Kier alpha value is -1.26. The molecule has 1 aromatic rings. The third-order valence-corrected chi connectivity index (χ3v) is 3.14. The molecule has 0 bridgehead atoms. The molecule has 0 unspecified atom stereocenters. The van der Waals surface area contributed by atoms with Crippen LogP contribution in [0.2, 0.25) is 10.0 Å². The van der Waals surface area contributed by atoms with Gasteiger partial charge in [-0.25, -0.2) is 5.43 Å². The number of hydrogen-bond acceptors (Lipinski definition) is 3. The highest BCUT2D eigenvalue weighted by Crippen LogP contribution is 2.30. The van der Waals surface area contributed by atoms with E-state index < -0.39 is 0 Å². The van der Waals surface area contributed by atoms with Crippen LogP contribution in [0.1, 0.15) is 38.2 Å². The summed E-state index contributed by atoms with van der Waals surface area (Å²) in [6, 6.07) is 3.25. The number of carbonyl (C=O) groups is 1. The second kappa shape index (κ2) is 8.82. The number of rotatable bonds is 7. The molecular weight excluding hydrogens is 299 g/mol. The zero-order valence-electron chi connectivity index (χ0n) is 11.6. The lowest BCUT2D eigenvalue weighted by Gasteiger charge is -2.07. The molecule has 0 saturated carbocycles. The van der Waals surface area contributed by atoms with Gasteiger partial charge in [-0.3, -0.25) is 4.79 Å². The highest BCUT2D eigenvalue weighted by molar-refractivity contribution is 6.36. The number of methoxy groups -OCH3 is 1. The van der Waals surface area contributed by atoms with Crippen molar-refractivity contribution in [3.63, 3.8) is 0 Å². The topological polar surface area (TPSA) is 50.7 Å². The summed E-state index contributed by atoms with van der Waals surface area (Å²) in [5, 5.41) is 4.77. The molecule has 1 amide bonds. The van der Waals surface area contributed by atoms with E-state index in [2.05, 4.69) is 17.5 Å². The average Bonchev–Trinajstić information content (AvgIpc) is 2.38. The molecule has 0 radical (unpaired) electrons. The van der Waals surface area contributed by atoms with E-state index >= 15 is 0 Å². The molecule has 0 heterocycles. The van der Waals surface area contributed by atoms with Crippen LogP contribution in [-0.4, -0.2) is 19.2 Å². The van der Waals surface area contributed by atoms with Gasteiger partial charge in [0.25, 0.3) is 0 Å². The van der Waals surface area contributed by atoms with Crippen molar-refractivity contribution in [1.82, 2.24) is 5.43 Å². The number of benzene rings is 1. The third-order valence-electron chi connectivity index (χ3n) is 2.64. The minimum absolute atomic E-state index is 0.109. The normalized spacial score (nSPS) is 10.8. The van der Waals surface area contributed by atoms with Crippen molar-refractivity contribution >= 4 is 35.3 Å². The molecule has 6 heteroatoms. The fourth-order valence-corrected chi connectivity index (χ4v) is 2.24. The zero-order chi connectivity index (χ0) is 15.0. The van der Waals surface area contributed by atoms with Crippen molar-refractivity contribution in [2.75, 3.05) is 7.11 Å². The Bertz CT molecular complexity index is 490. The Balaban J connectivity index is 2.64. The first kappa shape index (κ1) is 16.8. The Labute approximate surface area is 129 Å². The van der Waals surface area contributed by atoms with E-state index in [0.29, 0.717) is 27.8 Å². The van der Waals surface area contributed by atoms with Crippen LogP contribution in [0, 0.1) is 0 Å². The first-order valence-corrected chi connectivity index (χ1v) is 7.19. The lowest BCUT2D eigenvalue weighted by atomic mass is 10.2. The van der Waals surface area contributed by atoms with Crippen molar-refractivity contribution in [2.24, 2.45) is 5.10 Å². The summed E-state index contributed by atoms with van der Waals surface area (Å²) >= 11 is 11.9. The summed E-state index contributed by atoms with van der Waals surface area (Å²) < 4.78 is 5.17. The quantitative estimate of drug-likeness (QED) is 0.469. The minimum atomic E-state index is -0.109. The summed E-state index contributed by atoms with van der Waals surface area (Å²) in [5.74, 6) is 0.363. The number of nitrogens with one attached hydrogen (secondary N) is 1. The van der Waals surface area contributed by atoms with Gasteiger partial charge in [0.05, 0.1) is 18.3 Å². The van der Waals surface area contributed by atoms with E-state index in [1.54, 1.807) is 12.1 Å². The summed E-state index contributed by atoms with van der Waals surface area (Å²) in [6.07, 6.45) is 4.92. The predicted molar refractivity (Wildman–Crippen MR) is 82.9 cm³/mol.